The first-order valence-corrected chi connectivity index (χ1v) is 26.3. The molecule has 4 amide bonds. The van der Waals surface area contributed by atoms with Gasteiger partial charge in [0.2, 0.25) is 17.7 Å². The molecule has 2 heterocycles. The van der Waals surface area contributed by atoms with E-state index in [-0.39, 0.29) is 66.2 Å². The number of nitrogens with one attached hydrogen (secondary N) is 4. The minimum atomic E-state index is -1.14. The highest BCUT2D eigenvalue weighted by molar-refractivity contribution is 5.93. The molecule has 13 unspecified atom stereocenters. The average Bonchev–Trinajstić information content (AvgIpc) is 3.34. The Kier molecular flexibility index (Phi) is 26.3. The van der Waals surface area contributed by atoms with Crippen LogP contribution in [-0.2, 0) is 30.4 Å². The lowest BCUT2D eigenvalue weighted by Crippen LogP contribution is -2.62. The van der Waals surface area contributed by atoms with Gasteiger partial charge in [-0.25, -0.2) is 5.43 Å². The number of hydrazine groups is 1. The van der Waals surface area contributed by atoms with E-state index in [2.05, 4.69) is 59.5 Å². The number of aliphatic carboxylic acids is 1. The molecule has 2 aliphatic heterocycles. The summed E-state index contributed by atoms with van der Waals surface area (Å²) < 4.78 is 0. The van der Waals surface area contributed by atoms with Crippen molar-refractivity contribution < 1.29 is 49.5 Å². The maximum absolute atomic E-state index is 13.8. The van der Waals surface area contributed by atoms with Gasteiger partial charge in [0.1, 0.15) is 23.9 Å². The minimum Gasteiger partial charge on any atom is -0.508 e. The zero-order valence-electron chi connectivity index (χ0n) is 44.1. The van der Waals surface area contributed by atoms with Crippen molar-refractivity contribution in [2.24, 2.45) is 41.4 Å². The Balaban J connectivity index is 1.39. The molecule has 0 bridgehead atoms. The van der Waals surface area contributed by atoms with Crippen molar-refractivity contribution in [3.05, 3.63) is 77.9 Å². The van der Waals surface area contributed by atoms with Gasteiger partial charge < -0.3 is 41.5 Å². The summed E-state index contributed by atoms with van der Waals surface area (Å²) in [7, 11) is 0. The number of hydrogen-bond donors (Lipinski definition) is 9. The Morgan fingerprint density at radius 2 is 1.54 bits per heavy atom. The molecule has 71 heavy (non-hydrogen) atoms. The molecule has 0 aromatic heterocycles. The molecule has 398 valence electrons. The van der Waals surface area contributed by atoms with Gasteiger partial charge in [-0.15, -0.1) is 0 Å². The summed E-state index contributed by atoms with van der Waals surface area (Å²) in [5.41, 5.74) is 4.56. The van der Waals surface area contributed by atoms with Crippen LogP contribution in [0, 0.1) is 41.4 Å². The van der Waals surface area contributed by atoms with Crippen molar-refractivity contribution >= 4 is 29.6 Å². The molecule has 1 aromatic rings. The number of aromatic hydroxyl groups is 1. The third-order valence-electron chi connectivity index (χ3n) is 14.7. The zero-order valence-corrected chi connectivity index (χ0v) is 44.1. The predicted molar refractivity (Wildman–Crippen MR) is 278 cm³/mol. The number of aliphatic hydroxyl groups excluding tert-OH is 3. The number of benzene rings is 1. The molecule has 0 saturated carbocycles. The summed E-state index contributed by atoms with van der Waals surface area (Å²) in [6.07, 6.45) is 21.1. The molecular weight excluding hydrogens is 903 g/mol. The third kappa shape index (κ3) is 20.3. The van der Waals surface area contributed by atoms with E-state index in [0.717, 1.165) is 51.4 Å². The number of carboxylic acid groups (broad SMARTS) is 1. The van der Waals surface area contributed by atoms with Crippen molar-refractivity contribution in [3.63, 3.8) is 0 Å². The molecule has 3 rings (SSSR count). The fourth-order valence-electron chi connectivity index (χ4n) is 9.43. The minimum absolute atomic E-state index is 0.00631. The first-order chi connectivity index (χ1) is 33.6. The van der Waals surface area contributed by atoms with E-state index >= 15 is 0 Å². The van der Waals surface area contributed by atoms with Crippen LogP contribution < -0.4 is 21.4 Å². The summed E-state index contributed by atoms with van der Waals surface area (Å²) in [5.74, 6) is -3.97. The van der Waals surface area contributed by atoms with Gasteiger partial charge in [0, 0.05) is 30.8 Å². The number of piperidine rings is 1. The summed E-state index contributed by atoms with van der Waals surface area (Å²) in [6.45, 7) is 17.5. The highest BCUT2D eigenvalue weighted by Crippen LogP contribution is 2.29. The van der Waals surface area contributed by atoms with Gasteiger partial charge in [0.25, 0.3) is 5.91 Å². The molecule has 2 saturated heterocycles. The second-order valence-corrected chi connectivity index (χ2v) is 21.0. The highest BCUT2D eigenvalue weighted by Gasteiger charge is 2.37. The zero-order chi connectivity index (χ0) is 52.8. The van der Waals surface area contributed by atoms with Gasteiger partial charge in [-0.05, 0) is 125 Å². The first kappa shape index (κ1) is 60.5. The number of carboxylic acids is 1. The molecular formula is C56H89N5O10. The summed E-state index contributed by atoms with van der Waals surface area (Å²) in [4.78, 5) is 65.1. The van der Waals surface area contributed by atoms with E-state index in [9.17, 15) is 49.5 Å². The van der Waals surface area contributed by atoms with Gasteiger partial charge in [-0.3, -0.25) is 29.0 Å². The number of carbonyl (C=O) groups is 5. The van der Waals surface area contributed by atoms with E-state index in [1.54, 1.807) is 32.9 Å². The second-order valence-electron chi connectivity index (χ2n) is 21.0. The molecule has 0 spiro atoms. The number of phenols is 1. The van der Waals surface area contributed by atoms with Crippen LogP contribution in [0.2, 0.25) is 0 Å². The average molecular weight is 992 g/mol. The summed E-state index contributed by atoms with van der Waals surface area (Å²) >= 11 is 0. The molecule has 15 heteroatoms. The van der Waals surface area contributed by atoms with E-state index in [1.807, 2.05) is 45.9 Å². The third-order valence-corrected chi connectivity index (χ3v) is 14.7. The molecule has 0 radical (unpaired) electrons. The van der Waals surface area contributed by atoms with Crippen LogP contribution in [0.15, 0.2) is 72.4 Å². The lowest BCUT2D eigenvalue weighted by Gasteiger charge is -2.36. The summed E-state index contributed by atoms with van der Waals surface area (Å²) in [5, 5.41) is 62.6. The van der Waals surface area contributed by atoms with Crippen molar-refractivity contribution in [3.8, 4) is 5.75 Å². The van der Waals surface area contributed by atoms with Crippen LogP contribution in [-0.4, -0.2) is 109 Å². The fraction of sp³-hybridized carbons (Fsp3) is 0.661. The number of rotatable bonds is 29. The number of amides is 4. The van der Waals surface area contributed by atoms with Crippen LogP contribution in [0.1, 0.15) is 145 Å². The van der Waals surface area contributed by atoms with Crippen molar-refractivity contribution in [2.75, 3.05) is 6.54 Å². The SMILES string of the molecule is CCC1CCC(C(C)C(O)C(C)CCC(O)C(C)CC/C=C/C=C(\C)CC/C=C/C=C/CC(C)C(O)C(C)C(=O)NC(C(=O)NC(Cc2cccc(O)c2)C(=O)N2CCCC(C(=O)O)N2)C(C)C)NC1=O. The molecule has 1 aromatic carbocycles. The number of aliphatic hydroxyl groups is 3. The van der Waals surface area contributed by atoms with Crippen molar-refractivity contribution in [2.45, 2.75) is 188 Å². The van der Waals surface area contributed by atoms with Crippen molar-refractivity contribution in [1.82, 2.24) is 26.4 Å². The predicted octanol–water partition coefficient (Wildman–Crippen LogP) is 7.05. The molecule has 0 aliphatic carbocycles. The lowest BCUT2D eigenvalue weighted by atomic mass is 9.80. The largest absolute Gasteiger partial charge is 0.508 e. The maximum atomic E-state index is 13.8. The quantitative estimate of drug-likeness (QED) is 0.0369. The summed E-state index contributed by atoms with van der Waals surface area (Å²) in [6, 6.07) is 3.15. The van der Waals surface area contributed by atoms with E-state index in [0.29, 0.717) is 31.2 Å². The maximum Gasteiger partial charge on any atom is 0.322 e. The highest BCUT2D eigenvalue weighted by atomic mass is 16.4. The Morgan fingerprint density at radius 3 is 2.20 bits per heavy atom. The number of hydrogen-bond acceptors (Lipinski definition) is 10. The Labute approximate surface area is 424 Å². The van der Waals surface area contributed by atoms with Gasteiger partial charge >= 0.3 is 5.97 Å². The molecule has 13 atom stereocenters. The number of carbonyl (C=O) groups excluding carboxylic acids is 4. The van der Waals surface area contributed by atoms with E-state index in [4.69, 9.17) is 0 Å². The van der Waals surface area contributed by atoms with Crippen LogP contribution in [0.5, 0.6) is 5.75 Å². The Bertz CT molecular complexity index is 1970. The van der Waals surface area contributed by atoms with E-state index in [1.165, 1.54) is 22.7 Å². The smallest absolute Gasteiger partial charge is 0.322 e. The molecule has 2 aliphatic rings. The standard InChI is InChI=1S/C56H89N5O10/c1-10-43-29-30-45(57-53(43)67)40(8)50(64)39(7)28-31-48(63)37(5)23-18-14-16-22-36(4)21-15-12-11-13-17-24-38(6)51(65)41(9)52(66)59-49(35(2)3)54(68)58-47(34-42-25-19-26-44(62)33-42)55(69)61-32-20-27-46(60-61)56(70)71/h11-14,16-17,19,22,25-26,33,35,37-41,43,45-51,60,62-65H,10,15,18,20-21,23-24,27-32,34H2,1-9H3,(H,57,67)(H,58,68)(H,59,66)(H,70,71)/b12-11+,16-14+,17-13+,36-22+. The molecule has 2 fully saturated rings. The second kappa shape index (κ2) is 30.9. The van der Waals surface area contributed by atoms with Crippen LogP contribution >= 0.6 is 0 Å². The molecule has 9 N–H and O–H groups in total. The van der Waals surface area contributed by atoms with Gasteiger partial charge in [-0.1, -0.05) is 116 Å². The number of allylic oxidation sites excluding steroid dienone is 8. The first-order valence-electron chi connectivity index (χ1n) is 26.3. The Morgan fingerprint density at radius 1 is 0.831 bits per heavy atom. The van der Waals surface area contributed by atoms with Crippen LogP contribution in [0.4, 0.5) is 0 Å². The van der Waals surface area contributed by atoms with Crippen LogP contribution in [0.25, 0.3) is 0 Å². The number of nitrogens with zero attached hydrogens (tertiary/aromatic N) is 1. The normalized spacial score (nSPS) is 22.3. The van der Waals surface area contributed by atoms with Gasteiger partial charge in [0.15, 0.2) is 0 Å². The van der Waals surface area contributed by atoms with Crippen LogP contribution in [0.3, 0.4) is 0 Å². The van der Waals surface area contributed by atoms with Gasteiger partial charge in [0.05, 0.1) is 24.2 Å². The fourth-order valence-corrected chi connectivity index (χ4v) is 9.43. The monoisotopic (exact) mass is 992 g/mol. The number of phenolic OH excluding ortho intramolecular Hbond substituents is 1. The van der Waals surface area contributed by atoms with Gasteiger partial charge in [-0.2, -0.15) is 0 Å². The Hall–Kier alpha value is -4.83. The topological polar surface area (TPSA) is 238 Å². The molecule has 15 nitrogen and oxygen atoms in total. The lowest BCUT2D eigenvalue weighted by molar-refractivity contribution is -0.148. The van der Waals surface area contributed by atoms with Crippen molar-refractivity contribution in [1.29, 1.82) is 0 Å². The van der Waals surface area contributed by atoms with E-state index < -0.39 is 66.0 Å².